The SMILES string of the molecule is CCCC1(C(=O)O)CCN(CC(=O)Nc2ccccc2)C1. The number of carbonyl (C=O) groups is 2. The number of likely N-dealkylation sites (tertiary alicyclic amines) is 1. The molecule has 0 aromatic heterocycles. The van der Waals surface area contributed by atoms with Crippen LogP contribution in [0.4, 0.5) is 5.69 Å². The van der Waals surface area contributed by atoms with E-state index >= 15 is 0 Å². The molecule has 1 amide bonds. The Labute approximate surface area is 125 Å². The number of carboxylic acid groups (broad SMARTS) is 1. The number of hydrogen-bond acceptors (Lipinski definition) is 3. The molecule has 1 atom stereocenters. The number of aliphatic carboxylic acids is 1. The molecular weight excluding hydrogens is 268 g/mol. The van der Waals surface area contributed by atoms with Gasteiger partial charge in [0.05, 0.1) is 12.0 Å². The van der Waals surface area contributed by atoms with Crippen molar-refractivity contribution in [3.8, 4) is 0 Å². The minimum atomic E-state index is -0.740. The third-order valence-electron chi connectivity index (χ3n) is 4.04. The van der Waals surface area contributed by atoms with Gasteiger partial charge in [0.1, 0.15) is 0 Å². The topological polar surface area (TPSA) is 69.6 Å². The van der Waals surface area contributed by atoms with E-state index < -0.39 is 11.4 Å². The molecule has 0 bridgehead atoms. The zero-order valence-corrected chi connectivity index (χ0v) is 12.3. The predicted octanol–water partition coefficient (Wildman–Crippen LogP) is 2.20. The van der Waals surface area contributed by atoms with Crippen molar-refractivity contribution in [2.45, 2.75) is 26.2 Å². The van der Waals surface area contributed by atoms with Crippen LogP contribution in [0.2, 0.25) is 0 Å². The summed E-state index contributed by atoms with van der Waals surface area (Å²) in [6.07, 6.45) is 2.13. The Hall–Kier alpha value is -1.88. The average Bonchev–Trinajstić information content (AvgIpc) is 2.84. The highest BCUT2D eigenvalue weighted by molar-refractivity contribution is 5.92. The number of para-hydroxylation sites is 1. The first-order valence-electron chi connectivity index (χ1n) is 7.36. The van der Waals surface area contributed by atoms with Gasteiger partial charge in [-0.25, -0.2) is 0 Å². The molecule has 1 aliphatic heterocycles. The van der Waals surface area contributed by atoms with E-state index in [2.05, 4.69) is 5.32 Å². The molecule has 0 saturated carbocycles. The quantitative estimate of drug-likeness (QED) is 0.842. The van der Waals surface area contributed by atoms with Crippen LogP contribution in [0, 0.1) is 5.41 Å². The number of carboxylic acids is 1. The van der Waals surface area contributed by atoms with E-state index in [4.69, 9.17) is 0 Å². The summed E-state index contributed by atoms with van der Waals surface area (Å²) >= 11 is 0. The van der Waals surface area contributed by atoms with E-state index in [-0.39, 0.29) is 12.5 Å². The van der Waals surface area contributed by atoms with Gasteiger partial charge in [-0.1, -0.05) is 31.5 Å². The van der Waals surface area contributed by atoms with Crippen LogP contribution in [0.15, 0.2) is 30.3 Å². The second-order valence-corrected chi connectivity index (χ2v) is 5.71. The van der Waals surface area contributed by atoms with Crippen LogP contribution in [-0.4, -0.2) is 41.5 Å². The first-order valence-corrected chi connectivity index (χ1v) is 7.36. The summed E-state index contributed by atoms with van der Waals surface area (Å²) in [5.41, 5.74) is 0.0849. The molecule has 1 aromatic carbocycles. The Morgan fingerprint density at radius 1 is 1.33 bits per heavy atom. The zero-order chi connectivity index (χ0) is 15.3. The summed E-state index contributed by atoms with van der Waals surface area (Å²) in [4.78, 5) is 25.4. The lowest BCUT2D eigenvalue weighted by atomic mass is 9.83. The molecule has 1 saturated heterocycles. The third-order valence-corrected chi connectivity index (χ3v) is 4.04. The van der Waals surface area contributed by atoms with Crippen molar-refractivity contribution in [3.05, 3.63) is 30.3 Å². The molecule has 2 N–H and O–H groups in total. The molecule has 5 nitrogen and oxygen atoms in total. The molecule has 21 heavy (non-hydrogen) atoms. The molecule has 0 aliphatic carbocycles. The monoisotopic (exact) mass is 290 g/mol. The van der Waals surface area contributed by atoms with E-state index in [9.17, 15) is 14.7 Å². The number of nitrogens with zero attached hydrogens (tertiary/aromatic N) is 1. The third kappa shape index (κ3) is 3.82. The Bertz CT molecular complexity index is 504. The highest BCUT2D eigenvalue weighted by Crippen LogP contribution is 2.35. The Morgan fingerprint density at radius 3 is 2.67 bits per heavy atom. The number of carbonyl (C=O) groups excluding carboxylic acids is 1. The van der Waals surface area contributed by atoms with Crippen molar-refractivity contribution in [2.75, 3.05) is 25.0 Å². The molecule has 1 fully saturated rings. The number of benzene rings is 1. The van der Waals surface area contributed by atoms with Gasteiger partial charge in [0.15, 0.2) is 0 Å². The van der Waals surface area contributed by atoms with Gasteiger partial charge in [-0.05, 0) is 31.5 Å². The van der Waals surface area contributed by atoms with Gasteiger partial charge in [0.2, 0.25) is 5.91 Å². The number of rotatable bonds is 6. The summed E-state index contributed by atoms with van der Waals surface area (Å²) in [5, 5.41) is 12.3. The summed E-state index contributed by atoms with van der Waals surface area (Å²) in [6, 6.07) is 9.29. The molecule has 1 aromatic rings. The second-order valence-electron chi connectivity index (χ2n) is 5.71. The maximum Gasteiger partial charge on any atom is 0.310 e. The lowest BCUT2D eigenvalue weighted by Gasteiger charge is -2.24. The zero-order valence-electron chi connectivity index (χ0n) is 12.3. The van der Waals surface area contributed by atoms with Crippen molar-refractivity contribution in [3.63, 3.8) is 0 Å². The highest BCUT2D eigenvalue weighted by Gasteiger charge is 2.44. The molecule has 1 unspecified atom stereocenters. The molecule has 114 valence electrons. The molecular formula is C16H22N2O3. The second kappa shape index (κ2) is 6.72. The van der Waals surface area contributed by atoms with E-state index in [1.807, 2.05) is 42.2 Å². The molecule has 5 heteroatoms. The van der Waals surface area contributed by atoms with Crippen LogP contribution < -0.4 is 5.32 Å². The van der Waals surface area contributed by atoms with Crippen molar-refractivity contribution in [1.82, 2.24) is 4.90 Å². The maximum absolute atomic E-state index is 12.0. The molecule has 2 rings (SSSR count). The lowest BCUT2D eigenvalue weighted by Crippen LogP contribution is -2.37. The van der Waals surface area contributed by atoms with Crippen LogP contribution >= 0.6 is 0 Å². The fourth-order valence-electron chi connectivity index (χ4n) is 2.98. The molecule has 1 aliphatic rings. The lowest BCUT2D eigenvalue weighted by molar-refractivity contribution is -0.148. The number of amides is 1. The van der Waals surface area contributed by atoms with E-state index in [1.165, 1.54) is 0 Å². The minimum absolute atomic E-state index is 0.0983. The number of hydrogen-bond donors (Lipinski definition) is 2. The first-order chi connectivity index (χ1) is 10.1. The molecule has 1 heterocycles. The predicted molar refractivity (Wildman–Crippen MR) is 81.1 cm³/mol. The van der Waals surface area contributed by atoms with Crippen molar-refractivity contribution in [1.29, 1.82) is 0 Å². The Kier molecular flexibility index (Phi) is 4.96. The van der Waals surface area contributed by atoms with Crippen molar-refractivity contribution in [2.24, 2.45) is 5.41 Å². The van der Waals surface area contributed by atoms with Crippen LogP contribution in [0.5, 0.6) is 0 Å². The largest absolute Gasteiger partial charge is 0.481 e. The van der Waals surface area contributed by atoms with Gasteiger partial charge in [0, 0.05) is 12.2 Å². The minimum Gasteiger partial charge on any atom is -0.481 e. The first kappa shape index (κ1) is 15.5. The summed E-state index contributed by atoms with van der Waals surface area (Å²) in [6.45, 7) is 3.36. The normalized spacial score (nSPS) is 22.1. The van der Waals surface area contributed by atoms with E-state index in [0.29, 0.717) is 25.9 Å². The van der Waals surface area contributed by atoms with Gasteiger partial charge in [-0.15, -0.1) is 0 Å². The fourth-order valence-corrected chi connectivity index (χ4v) is 2.98. The van der Waals surface area contributed by atoms with Crippen LogP contribution in [0.1, 0.15) is 26.2 Å². The van der Waals surface area contributed by atoms with Crippen LogP contribution in [0.25, 0.3) is 0 Å². The number of anilines is 1. The van der Waals surface area contributed by atoms with Gasteiger partial charge in [0.25, 0.3) is 0 Å². The number of nitrogens with one attached hydrogen (secondary N) is 1. The summed E-state index contributed by atoms with van der Waals surface area (Å²) in [7, 11) is 0. The van der Waals surface area contributed by atoms with Crippen LogP contribution in [-0.2, 0) is 9.59 Å². The standard InChI is InChI=1S/C16H22N2O3/c1-2-8-16(15(20)21)9-10-18(12-16)11-14(19)17-13-6-4-3-5-7-13/h3-7H,2,8-12H2,1H3,(H,17,19)(H,20,21). The highest BCUT2D eigenvalue weighted by atomic mass is 16.4. The van der Waals surface area contributed by atoms with Gasteiger partial charge >= 0.3 is 5.97 Å². The Balaban J connectivity index is 1.90. The van der Waals surface area contributed by atoms with Crippen LogP contribution in [0.3, 0.4) is 0 Å². The smallest absolute Gasteiger partial charge is 0.310 e. The van der Waals surface area contributed by atoms with Gasteiger partial charge in [-0.3, -0.25) is 14.5 Å². The van der Waals surface area contributed by atoms with Crippen molar-refractivity contribution < 1.29 is 14.7 Å². The molecule has 0 spiro atoms. The summed E-state index contributed by atoms with van der Waals surface area (Å²) in [5.74, 6) is -0.839. The van der Waals surface area contributed by atoms with Gasteiger partial charge < -0.3 is 10.4 Å². The van der Waals surface area contributed by atoms with Crippen molar-refractivity contribution >= 4 is 17.6 Å². The average molecular weight is 290 g/mol. The summed E-state index contributed by atoms with van der Waals surface area (Å²) < 4.78 is 0. The maximum atomic E-state index is 12.0. The van der Waals surface area contributed by atoms with E-state index in [1.54, 1.807) is 0 Å². The van der Waals surface area contributed by atoms with E-state index in [0.717, 1.165) is 12.1 Å². The fraction of sp³-hybridized carbons (Fsp3) is 0.500. The van der Waals surface area contributed by atoms with Gasteiger partial charge in [-0.2, -0.15) is 0 Å². The molecule has 0 radical (unpaired) electrons. The Morgan fingerprint density at radius 2 is 2.05 bits per heavy atom.